The van der Waals surface area contributed by atoms with Crippen molar-refractivity contribution in [2.45, 2.75) is 27.7 Å². The summed E-state index contributed by atoms with van der Waals surface area (Å²) in [5, 5.41) is 11.7. The Morgan fingerprint density at radius 1 is 1.06 bits per heavy atom. The number of carbonyl (C=O) groups is 2. The van der Waals surface area contributed by atoms with Gasteiger partial charge in [-0.2, -0.15) is 5.26 Å². The molecule has 0 aliphatic carbocycles. The minimum absolute atomic E-state index is 0.264. The summed E-state index contributed by atoms with van der Waals surface area (Å²) in [5.41, 5.74) is 3.83. The van der Waals surface area contributed by atoms with Crippen molar-refractivity contribution in [2.75, 3.05) is 11.9 Å². The first-order valence-corrected chi connectivity index (χ1v) is 9.80. The molecule has 0 saturated carbocycles. The highest BCUT2D eigenvalue weighted by atomic mass is 16.5. The van der Waals surface area contributed by atoms with E-state index in [1.807, 2.05) is 13.0 Å². The molecule has 0 spiro atoms. The minimum atomic E-state index is -0.451. The Kier molecular flexibility index (Phi) is 6.41. The first kappa shape index (κ1) is 21.7. The van der Waals surface area contributed by atoms with Gasteiger partial charge in [0.15, 0.2) is 0 Å². The number of H-pyrrole nitrogens is 1. The van der Waals surface area contributed by atoms with E-state index in [0.29, 0.717) is 45.3 Å². The molecule has 0 atom stereocenters. The van der Waals surface area contributed by atoms with Gasteiger partial charge in [-0.25, -0.2) is 4.79 Å². The summed E-state index contributed by atoms with van der Waals surface area (Å²) in [4.78, 5) is 28.0. The molecular weight excluding hydrogens is 394 g/mol. The predicted molar refractivity (Wildman–Crippen MR) is 117 cm³/mol. The van der Waals surface area contributed by atoms with E-state index in [2.05, 4.69) is 16.4 Å². The number of aromatic amines is 1. The summed E-state index contributed by atoms with van der Waals surface area (Å²) >= 11 is 0. The topological polar surface area (TPSA) is 104 Å². The van der Waals surface area contributed by atoms with Crippen LogP contribution in [-0.2, 0) is 4.74 Å². The Hall–Kier alpha value is -4.05. The number of rotatable bonds is 6. The van der Waals surface area contributed by atoms with Crippen molar-refractivity contribution >= 4 is 17.6 Å². The van der Waals surface area contributed by atoms with E-state index in [1.54, 1.807) is 57.2 Å². The Morgan fingerprint density at radius 3 is 2.35 bits per heavy atom. The minimum Gasteiger partial charge on any atom is -0.462 e. The van der Waals surface area contributed by atoms with Crippen LogP contribution < -0.4 is 10.1 Å². The molecule has 7 heteroatoms. The van der Waals surface area contributed by atoms with Crippen molar-refractivity contribution in [2.24, 2.45) is 0 Å². The van der Waals surface area contributed by atoms with Crippen LogP contribution in [0.25, 0.3) is 0 Å². The molecule has 1 amide bonds. The van der Waals surface area contributed by atoms with E-state index < -0.39 is 5.97 Å². The third kappa shape index (κ3) is 4.75. The van der Waals surface area contributed by atoms with Gasteiger partial charge in [0, 0.05) is 11.4 Å². The van der Waals surface area contributed by atoms with Gasteiger partial charge >= 0.3 is 5.97 Å². The maximum atomic E-state index is 12.8. The molecule has 0 saturated heterocycles. The summed E-state index contributed by atoms with van der Waals surface area (Å²) in [7, 11) is 0. The maximum absolute atomic E-state index is 12.8. The van der Waals surface area contributed by atoms with Crippen molar-refractivity contribution in [1.29, 1.82) is 5.26 Å². The molecule has 3 aromatic rings. The second-order valence-electron chi connectivity index (χ2n) is 7.01. The fraction of sp³-hybridized carbons (Fsp3) is 0.208. The van der Waals surface area contributed by atoms with Gasteiger partial charge < -0.3 is 19.8 Å². The fourth-order valence-electron chi connectivity index (χ4n) is 3.24. The molecule has 158 valence electrons. The van der Waals surface area contributed by atoms with Crippen molar-refractivity contribution in [3.05, 3.63) is 76.1 Å². The van der Waals surface area contributed by atoms with E-state index in [4.69, 9.17) is 14.7 Å². The summed E-state index contributed by atoms with van der Waals surface area (Å²) in [5.74, 6) is 0.421. The summed E-state index contributed by atoms with van der Waals surface area (Å²) in [6.07, 6.45) is 0. The smallest absolute Gasteiger partial charge is 0.340 e. The summed E-state index contributed by atoms with van der Waals surface area (Å²) < 4.78 is 10.9. The zero-order chi connectivity index (χ0) is 22.5. The largest absolute Gasteiger partial charge is 0.462 e. The standard InChI is InChI=1S/C24H23N3O4/c1-5-30-24(29)21-15(3)22(26-16(21)4)23(28)27-20-11-10-19(12-14(20)2)31-18-8-6-17(13-25)7-9-18/h6-12,26H,5H2,1-4H3,(H,27,28). The fourth-order valence-corrected chi connectivity index (χ4v) is 3.24. The normalized spacial score (nSPS) is 10.3. The Morgan fingerprint density at radius 2 is 1.74 bits per heavy atom. The van der Waals surface area contributed by atoms with Gasteiger partial charge in [-0.3, -0.25) is 4.79 Å². The highest BCUT2D eigenvalue weighted by Crippen LogP contribution is 2.27. The Labute approximate surface area is 180 Å². The number of benzene rings is 2. The number of esters is 1. The molecule has 2 N–H and O–H groups in total. The number of nitrogens with one attached hydrogen (secondary N) is 2. The van der Waals surface area contributed by atoms with E-state index in [9.17, 15) is 9.59 Å². The monoisotopic (exact) mass is 417 g/mol. The SMILES string of the molecule is CCOC(=O)c1c(C)[nH]c(C(=O)Nc2ccc(Oc3ccc(C#N)cc3)cc2C)c1C. The number of anilines is 1. The number of nitriles is 1. The van der Waals surface area contributed by atoms with Crippen molar-refractivity contribution < 1.29 is 19.1 Å². The first-order chi connectivity index (χ1) is 14.8. The number of nitrogens with zero attached hydrogens (tertiary/aromatic N) is 1. The lowest BCUT2D eigenvalue weighted by molar-refractivity contribution is 0.0525. The lowest BCUT2D eigenvalue weighted by Crippen LogP contribution is -2.15. The average Bonchev–Trinajstić information content (AvgIpc) is 3.05. The van der Waals surface area contributed by atoms with Crippen LogP contribution in [0.2, 0.25) is 0 Å². The lowest BCUT2D eigenvalue weighted by Gasteiger charge is -2.11. The van der Waals surface area contributed by atoms with E-state index in [0.717, 1.165) is 5.56 Å². The number of aryl methyl sites for hydroxylation is 2. The Balaban J connectivity index is 1.76. The van der Waals surface area contributed by atoms with Crippen LogP contribution in [0.1, 0.15) is 50.2 Å². The molecule has 31 heavy (non-hydrogen) atoms. The molecule has 2 aromatic carbocycles. The lowest BCUT2D eigenvalue weighted by atomic mass is 10.1. The van der Waals surface area contributed by atoms with Gasteiger partial charge in [0.2, 0.25) is 0 Å². The molecule has 0 fully saturated rings. The van der Waals surface area contributed by atoms with Crippen molar-refractivity contribution in [3.8, 4) is 17.6 Å². The van der Waals surface area contributed by atoms with Crippen LogP contribution in [0.4, 0.5) is 5.69 Å². The van der Waals surface area contributed by atoms with Gasteiger partial charge in [0.05, 0.1) is 23.8 Å². The van der Waals surface area contributed by atoms with Crippen molar-refractivity contribution in [3.63, 3.8) is 0 Å². The molecule has 3 rings (SSSR count). The van der Waals surface area contributed by atoms with E-state index in [-0.39, 0.29) is 12.5 Å². The van der Waals surface area contributed by atoms with Crippen LogP contribution in [0.3, 0.4) is 0 Å². The van der Waals surface area contributed by atoms with Gasteiger partial charge in [-0.15, -0.1) is 0 Å². The van der Waals surface area contributed by atoms with Gasteiger partial charge in [0.1, 0.15) is 17.2 Å². The molecule has 1 heterocycles. The molecule has 0 aliphatic rings. The average molecular weight is 417 g/mol. The third-order valence-electron chi connectivity index (χ3n) is 4.81. The number of carbonyl (C=O) groups excluding carboxylic acids is 2. The van der Waals surface area contributed by atoms with Crippen LogP contribution in [-0.4, -0.2) is 23.5 Å². The zero-order valence-corrected chi connectivity index (χ0v) is 17.8. The molecule has 0 unspecified atom stereocenters. The summed E-state index contributed by atoms with van der Waals surface area (Å²) in [6.45, 7) is 7.31. The van der Waals surface area contributed by atoms with Gasteiger partial charge in [-0.05, 0) is 81.3 Å². The van der Waals surface area contributed by atoms with Gasteiger partial charge in [-0.1, -0.05) is 0 Å². The van der Waals surface area contributed by atoms with Gasteiger partial charge in [0.25, 0.3) is 5.91 Å². The Bertz CT molecular complexity index is 1170. The molecule has 0 radical (unpaired) electrons. The highest BCUT2D eigenvalue weighted by Gasteiger charge is 2.23. The van der Waals surface area contributed by atoms with Crippen molar-refractivity contribution in [1.82, 2.24) is 4.98 Å². The quantitative estimate of drug-likeness (QED) is 0.547. The van der Waals surface area contributed by atoms with Crippen LogP contribution in [0, 0.1) is 32.1 Å². The molecule has 0 bridgehead atoms. The second-order valence-corrected chi connectivity index (χ2v) is 7.01. The molecule has 1 aromatic heterocycles. The maximum Gasteiger partial charge on any atom is 0.340 e. The second kappa shape index (κ2) is 9.18. The number of aromatic nitrogens is 1. The molecule has 7 nitrogen and oxygen atoms in total. The zero-order valence-electron chi connectivity index (χ0n) is 17.8. The summed E-state index contributed by atoms with van der Waals surface area (Å²) in [6, 6.07) is 14.2. The molecular formula is C24H23N3O4. The third-order valence-corrected chi connectivity index (χ3v) is 4.81. The van der Waals surface area contributed by atoms with E-state index in [1.165, 1.54) is 0 Å². The van der Waals surface area contributed by atoms with Crippen LogP contribution in [0.5, 0.6) is 11.5 Å². The highest BCUT2D eigenvalue weighted by molar-refractivity contribution is 6.07. The van der Waals surface area contributed by atoms with Crippen LogP contribution in [0.15, 0.2) is 42.5 Å². The number of amides is 1. The van der Waals surface area contributed by atoms with Crippen LogP contribution >= 0.6 is 0 Å². The number of hydrogen-bond acceptors (Lipinski definition) is 5. The van der Waals surface area contributed by atoms with E-state index >= 15 is 0 Å². The molecule has 0 aliphatic heterocycles. The first-order valence-electron chi connectivity index (χ1n) is 9.80. The predicted octanol–water partition coefficient (Wildman–Crippen LogP) is 5.03. The number of ether oxygens (including phenoxy) is 2. The number of hydrogen-bond donors (Lipinski definition) is 2.